The second-order valence-corrected chi connectivity index (χ2v) is 3.79. The van der Waals surface area contributed by atoms with Crippen LogP contribution in [0.5, 0.6) is 0 Å². The predicted octanol–water partition coefficient (Wildman–Crippen LogP) is 2.69. The van der Waals surface area contributed by atoms with Crippen LogP contribution in [0.3, 0.4) is 0 Å². The Morgan fingerprint density at radius 2 is 2.19 bits per heavy atom. The van der Waals surface area contributed by atoms with Gasteiger partial charge in [0, 0.05) is 36.0 Å². The summed E-state index contributed by atoms with van der Waals surface area (Å²) < 4.78 is 0. The first kappa shape index (κ1) is 15.5. The van der Waals surface area contributed by atoms with Crippen molar-refractivity contribution in [2.75, 3.05) is 12.3 Å². The summed E-state index contributed by atoms with van der Waals surface area (Å²) in [7, 11) is 0. The van der Waals surface area contributed by atoms with Gasteiger partial charge in [0.05, 0.1) is 4.92 Å². The number of nitrogens with one attached hydrogen (secondary N) is 1. The van der Waals surface area contributed by atoms with E-state index in [0.717, 1.165) is 12.1 Å². The number of nitro benzene ring substituents is 1. The number of halogens is 2. The highest BCUT2D eigenvalue weighted by molar-refractivity contribution is 7.80. The molecule has 90 valence electrons. The standard InChI is InChI=1S/C9H11ClN2O2S.ClH/c10-9-2-1-8(12(13)14)5-7(9)6-11-3-4-15;/h1-2,5,11,15H,3-4,6H2;1H. The highest BCUT2D eigenvalue weighted by atomic mass is 35.5. The van der Waals surface area contributed by atoms with Gasteiger partial charge >= 0.3 is 0 Å². The molecule has 0 spiro atoms. The maximum absolute atomic E-state index is 10.5. The molecule has 1 rings (SSSR count). The molecule has 1 aromatic rings. The van der Waals surface area contributed by atoms with Crippen LogP contribution < -0.4 is 5.32 Å². The lowest BCUT2D eigenvalue weighted by molar-refractivity contribution is -0.384. The summed E-state index contributed by atoms with van der Waals surface area (Å²) in [5, 5.41) is 14.1. The molecule has 0 aromatic heterocycles. The van der Waals surface area contributed by atoms with Crippen LogP contribution in [0, 0.1) is 10.1 Å². The molecule has 0 saturated carbocycles. The van der Waals surface area contributed by atoms with Crippen molar-refractivity contribution in [3.63, 3.8) is 0 Å². The van der Waals surface area contributed by atoms with Crippen LogP contribution in [0.1, 0.15) is 5.56 Å². The first-order valence-corrected chi connectivity index (χ1v) is 5.40. The number of nitrogens with zero attached hydrogens (tertiary/aromatic N) is 1. The Morgan fingerprint density at radius 3 is 2.75 bits per heavy atom. The number of non-ortho nitro benzene ring substituents is 1. The summed E-state index contributed by atoms with van der Waals surface area (Å²) in [5.41, 5.74) is 0.787. The van der Waals surface area contributed by atoms with Gasteiger partial charge in [0.15, 0.2) is 0 Å². The molecule has 0 aliphatic carbocycles. The summed E-state index contributed by atoms with van der Waals surface area (Å²) in [6.07, 6.45) is 0. The molecule has 1 N–H and O–H groups in total. The molecule has 0 saturated heterocycles. The Labute approximate surface area is 110 Å². The summed E-state index contributed by atoms with van der Waals surface area (Å²) in [5.74, 6) is 0.715. The minimum atomic E-state index is -0.432. The maximum atomic E-state index is 10.5. The van der Waals surface area contributed by atoms with E-state index in [1.165, 1.54) is 18.2 Å². The van der Waals surface area contributed by atoms with E-state index < -0.39 is 4.92 Å². The van der Waals surface area contributed by atoms with Gasteiger partial charge in [0.25, 0.3) is 5.69 Å². The molecule has 0 fully saturated rings. The smallest absolute Gasteiger partial charge is 0.269 e. The SMILES string of the molecule is Cl.O=[N+]([O-])c1ccc(Cl)c(CNCCS)c1. The zero-order valence-electron chi connectivity index (χ0n) is 8.35. The summed E-state index contributed by atoms with van der Waals surface area (Å²) in [6, 6.07) is 4.41. The van der Waals surface area contributed by atoms with Gasteiger partial charge < -0.3 is 5.32 Å². The average Bonchev–Trinajstić information content (AvgIpc) is 2.20. The van der Waals surface area contributed by atoms with Crippen molar-refractivity contribution < 1.29 is 4.92 Å². The molecule has 0 heterocycles. The van der Waals surface area contributed by atoms with E-state index in [9.17, 15) is 10.1 Å². The Hall–Kier alpha value is -0.490. The maximum Gasteiger partial charge on any atom is 0.269 e. The largest absolute Gasteiger partial charge is 0.312 e. The molecule has 0 unspecified atom stereocenters. The van der Waals surface area contributed by atoms with E-state index in [4.69, 9.17) is 11.6 Å². The third kappa shape index (κ3) is 4.57. The molecule has 0 amide bonds. The third-order valence-corrected chi connectivity index (χ3v) is 2.44. The fourth-order valence-electron chi connectivity index (χ4n) is 1.11. The molecule has 1 aromatic carbocycles. The average molecular weight is 283 g/mol. The van der Waals surface area contributed by atoms with Gasteiger partial charge in [-0.25, -0.2) is 0 Å². The molecule has 4 nitrogen and oxygen atoms in total. The van der Waals surface area contributed by atoms with Crippen LogP contribution in [-0.2, 0) is 6.54 Å². The normalized spacial score (nSPS) is 9.62. The van der Waals surface area contributed by atoms with Crippen LogP contribution in [0.2, 0.25) is 5.02 Å². The van der Waals surface area contributed by atoms with Crippen LogP contribution in [0.4, 0.5) is 5.69 Å². The van der Waals surface area contributed by atoms with Crippen molar-refractivity contribution in [3.8, 4) is 0 Å². The minimum Gasteiger partial charge on any atom is -0.312 e. The zero-order chi connectivity index (χ0) is 11.3. The zero-order valence-corrected chi connectivity index (χ0v) is 10.8. The molecular formula is C9H12Cl2N2O2S. The molecule has 0 bridgehead atoms. The van der Waals surface area contributed by atoms with Gasteiger partial charge in [0.2, 0.25) is 0 Å². The Morgan fingerprint density at radius 1 is 1.50 bits per heavy atom. The number of thiol groups is 1. The van der Waals surface area contributed by atoms with Crippen LogP contribution in [0.15, 0.2) is 18.2 Å². The highest BCUT2D eigenvalue weighted by Gasteiger charge is 2.08. The minimum absolute atomic E-state index is 0. The second-order valence-electron chi connectivity index (χ2n) is 2.93. The van der Waals surface area contributed by atoms with Crippen molar-refractivity contribution >= 4 is 42.3 Å². The Bertz CT molecular complexity index is 363. The van der Waals surface area contributed by atoms with Gasteiger partial charge in [-0.05, 0) is 11.6 Å². The van der Waals surface area contributed by atoms with Crippen molar-refractivity contribution in [2.45, 2.75) is 6.54 Å². The van der Waals surface area contributed by atoms with Crippen LogP contribution in [-0.4, -0.2) is 17.2 Å². The molecule has 0 atom stereocenters. The van der Waals surface area contributed by atoms with Crippen LogP contribution in [0.25, 0.3) is 0 Å². The lowest BCUT2D eigenvalue weighted by atomic mass is 10.2. The summed E-state index contributed by atoms with van der Waals surface area (Å²) >= 11 is 9.94. The van der Waals surface area contributed by atoms with Gasteiger partial charge in [0.1, 0.15) is 0 Å². The van der Waals surface area contributed by atoms with Gasteiger partial charge in [-0.15, -0.1) is 12.4 Å². The van der Waals surface area contributed by atoms with Crippen LogP contribution >= 0.6 is 36.6 Å². The topological polar surface area (TPSA) is 55.2 Å². The quantitative estimate of drug-likeness (QED) is 0.378. The third-order valence-electron chi connectivity index (χ3n) is 1.84. The van der Waals surface area contributed by atoms with Gasteiger partial charge in [-0.2, -0.15) is 12.6 Å². The number of hydrogen-bond acceptors (Lipinski definition) is 4. The lowest BCUT2D eigenvalue weighted by Crippen LogP contribution is -2.16. The molecule has 0 aliphatic heterocycles. The molecule has 0 radical (unpaired) electrons. The van der Waals surface area contributed by atoms with E-state index in [-0.39, 0.29) is 18.1 Å². The predicted molar refractivity (Wildman–Crippen MR) is 70.9 cm³/mol. The van der Waals surface area contributed by atoms with Gasteiger partial charge in [-0.1, -0.05) is 11.6 Å². The Kier molecular flexibility index (Phi) is 7.49. The van der Waals surface area contributed by atoms with Crippen molar-refractivity contribution in [2.24, 2.45) is 0 Å². The number of nitro groups is 1. The van der Waals surface area contributed by atoms with Crippen molar-refractivity contribution in [1.82, 2.24) is 5.32 Å². The second kappa shape index (κ2) is 7.73. The van der Waals surface area contributed by atoms with Crippen molar-refractivity contribution in [3.05, 3.63) is 38.9 Å². The first-order valence-electron chi connectivity index (χ1n) is 4.39. The lowest BCUT2D eigenvalue weighted by Gasteiger charge is -2.05. The molecule has 7 heteroatoms. The highest BCUT2D eigenvalue weighted by Crippen LogP contribution is 2.21. The summed E-state index contributed by atoms with van der Waals surface area (Å²) in [6.45, 7) is 1.25. The number of rotatable bonds is 5. The van der Waals surface area contributed by atoms with Gasteiger partial charge in [-0.3, -0.25) is 10.1 Å². The van der Waals surface area contributed by atoms with E-state index >= 15 is 0 Å². The number of benzene rings is 1. The van der Waals surface area contributed by atoms with E-state index in [1.54, 1.807) is 0 Å². The number of hydrogen-bond donors (Lipinski definition) is 2. The molecular weight excluding hydrogens is 271 g/mol. The fourth-order valence-corrected chi connectivity index (χ4v) is 1.45. The Balaban J connectivity index is 0.00000225. The van der Waals surface area contributed by atoms with E-state index in [1.807, 2.05) is 0 Å². The summed E-state index contributed by atoms with van der Waals surface area (Å²) in [4.78, 5) is 10.1. The first-order chi connectivity index (χ1) is 7.15. The fraction of sp³-hybridized carbons (Fsp3) is 0.333. The van der Waals surface area contributed by atoms with E-state index in [0.29, 0.717) is 17.3 Å². The molecule has 0 aliphatic rings. The van der Waals surface area contributed by atoms with Crippen molar-refractivity contribution in [1.29, 1.82) is 0 Å². The van der Waals surface area contributed by atoms with E-state index in [2.05, 4.69) is 17.9 Å². The molecule has 16 heavy (non-hydrogen) atoms. The monoisotopic (exact) mass is 282 g/mol.